The molecular formula is C17H8Cl2F6O6. The standard InChI is InChI=1S/C17H8Cl2F6O6/c18-8-2-6(14(30)16(20,21)22)10(26)4(12(8)28)1-5-11(27)7(3-9(19)13(5)29)15(31)17(23,24)25/h2-3,26-29H,1H2. The molecule has 31 heavy (non-hydrogen) atoms. The molecule has 14 heteroatoms. The molecule has 0 saturated carbocycles. The third-order valence-electron chi connectivity index (χ3n) is 4.01. The fourth-order valence-electron chi connectivity index (χ4n) is 2.53. The number of hydrogen-bond donors (Lipinski definition) is 4. The highest BCUT2D eigenvalue weighted by Gasteiger charge is 2.43. The maximum absolute atomic E-state index is 12.7. The first-order valence-corrected chi connectivity index (χ1v) is 8.43. The van der Waals surface area contributed by atoms with Crippen LogP contribution in [-0.2, 0) is 6.42 Å². The van der Waals surface area contributed by atoms with Gasteiger partial charge in [-0.05, 0) is 12.1 Å². The summed E-state index contributed by atoms with van der Waals surface area (Å²) in [6.45, 7) is 0. The van der Waals surface area contributed by atoms with Gasteiger partial charge in [-0.2, -0.15) is 26.3 Å². The van der Waals surface area contributed by atoms with Crippen molar-refractivity contribution < 1.29 is 56.4 Å². The summed E-state index contributed by atoms with van der Waals surface area (Å²) in [4.78, 5) is 23.0. The molecule has 0 atom stereocenters. The van der Waals surface area contributed by atoms with E-state index in [1.807, 2.05) is 0 Å². The number of halogens is 8. The Kier molecular flexibility index (Phi) is 6.30. The minimum Gasteiger partial charge on any atom is -0.507 e. The third kappa shape index (κ3) is 4.59. The molecule has 2 aromatic carbocycles. The van der Waals surface area contributed by atoms with E-state index in [4.69, 9.17) is 23.2 Å². The molecule has 2 rings (SSSR count). The largest absolute Gasteiger partial charge is 0.507 e. The van der Waals surface area contributed by atoms with Crippen LogP contribution in [0.5, 0.6) is 23.0 Å². The predicted octanol–water partition coefficient (Wildman–Crippen LogP) is 4.90. The molecule has 0 aliphatic carbocycles. The molecule has 0 unspecified atom stereocenters. The van der Waals surface area contributed by atoms with Gasteiger partial charge in [0.1, 0.15) is 23.0 Å². The quantitative estimate of drug-likeness (QED) is 0.356. The van der Waals surface area contributed by atoms with E-state index in [1.165, 1.54) is 0 Å². The number of hydrogen-bond acceptors (Lipinski definition) is 6. The van der Waals surface area contributed by atoms with Crippen LogP contribution in [-0.4, -0.2) is 44.3 Å². The number of phenolic OH excluding ortho intramolecular Hbond substituents is 4. The molecular weight excluding hydrogens is 485 g/mol. The van der Waals surface area contributed by atoms with Crippen LogP contribution in [0.3, 0.4) is 0 Å². The minimum absolute atomic E-state index is 0.293. The van der Waals surface area contributed by atoms with Crippen molar-refractivity contribution in [2.24, 2.45) is 0 Å². The van der Waals surface area contributed by atoms with Gasteiger partial charge in [0.15, 0.2) is 0 Å². The van der Waals surface area contributed by atoms with Crippen molar-refractivity contribution in [1.29, 1.82) is 0 Å². The lowest BCUT2D eigenvalue weighted by molar-refractivity contribution is -0.0889. The summed E-state index contributed by atoms with van der Waals surface area (Å²) >= 11 is 11.1. The number of phenols is 4. The highest BCUT2D eigenvalue weighted by molar-refractivity contribution is 6.33. The lowest BCUT2D eigenvalue weighted by atomic mass is 9.94. The number of aromatic hydroxyl groups is 4. The fourth-order valence-corrected chi connectivity index (χ4v) is 2.97. The second-order valence-corrected chi connectivity index (χ2v) is 6.81. The van der Waals surface area contributed by atoms with Gasteiger partial charge in [0.25, 0.3) is 11.6 Å². The predicted molar refractivity (Wildman–Crippen MR) is 93.1 cm³/mol. The Morgan fingerprint density at radius 2 is 0.968 bits per heavy atom. The minimum atomic E-state index is -5.47. The van der Waals surface area contributed by atoms with Crippen LogP contribution in [0.25, 0.3) is 0 Å². The number of Topliss-reactive ketones (excluding diaryl/α,β-unsaturated/α-hetero) is 2. The zero-order chi connectivity index (χ0) is 24.0. The van der Waals surface area contributed by atoms with Gasteiger partial charge in [-0.3, -0.25) is 9.59 Å². The molecule has 0 aromatic heterocycles. The normalized spacial score (nSPS) is 12.1. The highest BCUT2D eigenvalue weighted by atomic mass is 35.5. The van der Waals surface area contributed by atoms with Gasteiger partial charge in [-0.1, -0.05) is 23.2 Å². The van der Waals surface area contributed by atoms with Gasteiger partial charge < -0.3 is 20.4 Å². The highest BCUT2D eigenvalue weighted by Crippen LogP contribution is 2.45. The second-order valence-electron chi connectivity index (χ2n) is 5.99. The molecule has 0 aliphatic rings. The van der Waals surface area contributed by atoms with Crippen LogP contribution in [0.15, 0.2) is 12.1 Å². The van der Waals surface area contributed by atoms with Crippen LogP contribution in [0, 0.1) is 0 Å². The number of alkyl halides is 6. The second kappa shape index (κ2) is 8.00. The van der Waals surface area contributed by atoms with Gasteiger partial charge >= 0.3 is 12.4 Å². The van der Waals surface area contributed by atoms with Crippen LogP contribution in [0.2, 0.25) is 10.0 Å². The Hall–Kier alpha value is -2.86. The number of carbonyl (C=O) groups excluding carboxylic acids is 2. The fraction of sp³-hybridized carbons (Fsp3) is 0.176. The monoisotopic (exact) mass is 492 g/mol. The van der Waals surface area contributed by atoms with E-state index in [9.17, 15) is 56.4 Å². The number of rotatable bonds is 4. The van der Waals surface area contributed by atoms with E-state index >= 15 is 0 Å². The zero-order valence-corrected chi connectivity index (χ0v) is 16.0. The molecule has 6 nitrogen and oxygen atoms in total. The number of ketones is 2. The van der Waals surface area contributed by atoms with Crippen LogP contribution >= 0.6 is 23.2 Å². The lowest BCUT2D eigenvalue weighted by Gasteiger charge is -2.17. The van der Waals surface area contributed by atoms with Crippen molar-refractivity contribution >= 4 is 34.8 Å². The van der Waals surface area contributed by atoms with Crippen LogP contribution in [0.4, 0.5) is 26.3 Å². The van der Waals surface area contributed by atoms with E-state index in [0.717, 1.165) is 0 Å². The first-order chi connectivity index (χ1) is 14.0. The topological polar surface area (TPSA) is 115 Å². The first kappa shape index (κ1) is 24.4. The summed E-state index contributed by atoms with van der Waals surface area (Å²) in [6, 6.07) is 0.587. The Morgan fingerprint density at radius 3 is 1.23 bits per heavy atom. The van der Waals surface area contributed by atoms with Crippen LogP contribution in [0.1, 0.15) is 31.8 Å². The molecule has 168 valence electrons. The van der Waals surface area contributed by atoms with Gasteiger partial charge in [0.2, 0.25) is 0 Å². The Balaban J connectivity index is 2.75. The maximum atomic E-state index is 12.7. The first-order valence-electron chi connectivity index (χ1n) is 7.68. The van der Waals surface area contributed by atoms with E-state index in [0.29, 0.717) is 12.1 Å². The summed E-state index contributed by atoms with van der Waals surface area (Å²) < 4.78 is 76.4. The van der Waals surface area contributed by atoms with Gasteiger partial charge in [-0.25, -0.2) is 0 Å². The maximum Gasteiger partial charge on any atom is 0.455 e. The van der Waals surface area contributed by atoms with Gasteiger partial charge in [-0.15, -0.1) is 0 Å². The van der Waals surface area contributed by atoms with Crippen molar-refractivity contribution in [2.45, 2.75) is 18.8 Å². The molecule has 0 heterocycles. The molecule has 0 spiro atoms. The number of carbonyl (C=O) groups is 2. The van der Waals surface area contributed by atoms with Crippen LogP contribution < -0.4 is 0 Å². The third-order valence-corrected chi connectivity index (χ3v) is 4.58. The van der Waals surface area contributed by atoms with E-state index < -0.39 is 85.6 Å². The number of benzene rings is 2. The smallest absolute Gasteiger partial charge is 0.455 e. The Morgan fingerprint density at radius 1 is 0.677 bits per heavy atom. The van der Waals surface area contributed by atoms with Crippen molar-refractivity contribution in [1.82, 2.24) is 0 Å². The SMILES string of the molecule is O=C(c1cc(Cl)c(O)c(Cc2c(O)c(Cl)cc(C(=O)C(F)(F)F)c2O)c1O)C(F)(F)F. The average Bonchev–Trinajstić information content (AvgIpc) is 2.64. The molecule has 4 N–H and O–H groups in total. The van der Waals surface area contributed by atoms with Crippen molar-refractivity contribution in [2.75, 3.05) is 0 Å². The summed E-state index contributed by atoms with van der Waals surface area (Å²) in [7, 11) is 0. The van der Waals surface area contributed by atoms with E-state index in [-0.39, 0.29) is 0 Å². The van der Waals surface area contributed by atoms with Crippen molar-refractivity contribution in [3.8, 4) is 23.0 Å². The molecule has 0 aliphatic heterocycles. The summed E-state index contributed by atoms with van der Waals surface area (Å²) in [5, 5.41) is 38.4. The van der Waals surface area contributed by atoms with E-state index in [2.05, 4.69) is 0 Å². The molecule has 0 amide bonds. The van der Waals surface area contributed by atoms with Gasteiger partial charge in [0, 0.05) is 17.5 Å². The molecule has 0 fully saturated rings. The zero-order valence-electron chi connectivity index (χ0n) is 14.5. The summed E-state index contributed by atoms with van der Waals surface area (Å²) in [5.41, 5.74) is -4.78. The average molecular weight is 493 g/mol. The van der Waals surface area contributed by atoms with Crippen molar-refractivity contribution in [3.63, 3.8) is 0 Å². The Bertz CT molecular complexity index is 1010. The lowest BCUT2D eigenvalue weighted by Crippen LogP contribution is -2.23. The molecule has 0 saturated heterocycles. The molecule has 2 aromatic rings. The summed E-state index contributed by atoms with van der Waals surface area (Å²) in [6.07, 6.45) is -12.1. The Labute approximate surface area is 177 Å². The van der Waals surface area contributed by atoms with Crippen molar-refractivity contribution in [3.05, 3.63) is 44.4 Å². The summed E-state index contributed by atoms with van der Waals surface area (Å²) in [5.74, 6) is -10.3. The van der Waals surface area contributed by atoms with Gasteiger partial charge in [0.05, 0.1) is 21.2 Å². The molecule has 0 bridgehead atoms. The molecule has 0 radical (unpaired) electrons. The van der Waals surface area contributed by atoms with E-state index in [1.54, 1.807) is 0 Å².